The molecule has 0 nitrogen and oxygen atoms in total. The normalized spacial score (nSPS) is 20.0. The maximum absolute atomic E-state index is 1.50. The van der Waals surface area contributed by atoms with Crippen LogP contribution in [0.2, 0.25) is 0 Å². The molecule has 1 aliphatic carbocycles. The lowest BCUT2D eigenvalue weighted by Crippen LogP contribution is -1.47. The van der Waals surface area contributed by atoms with Gasteiger partial charge < -0.3 is 0 Å². The smallest absolute Gasteiger partial charge is 0 e. The Balaban J connectivity index is 0.000000250. The van der Waals surface area contributed by atoms with Gasteiger partial charge in [0.2, 0.25) is 0 Å². The maximum atomic E-state index is 1.50. The van der Waals surface area contributed by atoms with Gasteiger partial charge in [-0.1, -0.05) is 32.1 Å². The van der Waals surface area contributed by atoms with Gasteiger partial charge in [-0.15, -0.1) is 0 Å². The molecule has 0 aromatic carbocycles. The van der Waals surface area contributed by atoms with E-state index in [9.17, 15) is 0 Å². The van der Waals surface area contributed by atoms with E-state index < -0.39 is 0 Å². The third-order valence-corrected chi connectivity index (χ3v) is 1.25. The van der Waals surface area contributed by atoms with Crippen molar-refractivity contribution in [3.05, 3.63) is 0 Å². The van der Waals surface area contributed by atoms with Crippen molar-refractivity contribution >= 4 is 8.41 Å². The van der Waals surface area contributed by atoms with Gasteiger partial charge in [0.15, 0.2) is 0 Å². The van der Waals surface area contributed by atoms with Crippen LogP contribution in [0.25, 0.3) is 0 Å². The van der Waals surface area contributed by atoms with Crippen LogP contribution < -0.4 is 0 Å². The van der Waals surface area contributed by atoms with Crippen LogP contribution in [-0.2, 0) is 0 Å². The summed E-state index contributed by atoms with van der Waals surface area (Å²) < 4.78 is 0. The summed E-state index contributed by atoms with van der Waals surface area (Å²) >= 11 is 0. The van der Waals surface area contributed by atoms with Gasteiger partial charge in [0.1, 0.15) is 0 Å². The van der Waals surface area contributed by atoms with Crippen molar-refractivity contribution in [3.8, 4) is 0 Å². The third-order valence-electron chi connectivity index (χ3n) is 1.25. The topological polar surface area (TPSA) is 0 Å². The lowest BCUT2D eigenvalue weighted by Gasteiger charge is -1.67. The molecule has 0 heterocycles. The fourth-order valence-electron chi connectivity index (χ4n) is 0.884. The molecule has 0 atom stereocenters. The zero-order chi connectivity index (χ0) is 3.54. The Morgan fingerprint density at radius 3 is 0.833 bits per heavy atom. The predicted molar refractivity (Wildman–Crippen MR) is 28.8 cm³/mol. The molecule has 33 valence electrons. The molecule has 0 spiro atoms. The average Bonchev–Trinajstić information content (AvgIpc) is 1.76. The van der Waals surface area contributed by atoms with Gasteiger partial charge in [0.05, 0.1) is 0 Å². The Labute approximate surface area is 41.5 Å². The Bertz CT molecular complexity index is 15.5. The van der Waals surface area contributed by atoms with Gasteiger partial charge in [-0.25, -0.2) is 0 Å². The Hall–Kier alpha value is 0.0649. The molecule has 0 bridgehead atoms. The number of hydrogen-bond donors (Lipinski definition) is 0. The highest BCUT2D eigenvalue weighted by molar-refractivity contribution is 5.75. The molecule has 1 aliphatic rings. The van der Waals surface area contributed by atoms with E-state index in [0.717, 1.165) is 0 Å². The van der Waals surface area contributed by atoms with Crippen molar-refractivity contribution in [3.63, 3.8) is 0 Å². The van der Waals surface area contributed by atoms with Crippen LogP contribution in [0.4, 0.5) is 0 Å². The quantitative estimate of drug-likeness (QED) is 0.388. The summed E-state index contributed by atoms with van der Waals surface area (Å²) in [5.41, 5.74) is 0. The maximum Gasteiger partial charge on any atom is 0 e. The van der Waals surface area contributed by atoms with Crippen LogP contribution >= 0.6 is 0 Å². The highest BCUT2D eigenvalue weighted by Crippen LogP contribution is 2.15. The summed E-state index contributed by atoms with van der Waals surface area (Å²) in [7, 11) is 0. The van der Waals surface area contributed by atoms with Crippen LogP contribution in [0.5, 0.6) is 0 Å². The summed E-state index contributed by atoms with van der Waals surface area (Å²) in [5, 5.41) is 0. The van der Waals surface area contributed by atoms with Crippen molar-refractivity contribution in [2.24, 2.45) is 0 Å². The second-order valence-corrected chi connectivity index (χ2v) is 1.77. The summed E-state index contributed by atoms with van der Waals surface area (Å²) in [4.78, 5) is 0. The van der Waals surface area contributed by atoms with Gasteiger partial charge in [0.25, 0.3) is 0 Å². The highest BCUT2D eigenvalue weighted by Gasteiger charge is 1.95. The number of rotatable bonds is 0. The van der Waals surface area contributed by atoms with Crippen molar-refractivity contribution in [2.45, 2.75) is 32.1 Å². The second-order valence-electron chi connectivity index (χ2n) is 1.77. The summed E-state index contributed by atoms with van der Waals surface area (Å²) in [6.45, 7) is 0. The van der Waals surface area contributed by atoms with Crippen molar-refractivity contribution < 1.29 is 0 Å². The molecule has 0 saturated heterocycles. The van der Waals surface area contributed by atoms with Crippen LogP contribution in [0.3, 0.4) is 0 Å². The van der Waals surface area contributed by atoms with E-state index in [0.29, 0.717) is 0 Å². The highest BCUT2D eigenvalue weighted by atomic mass is 14.0. The molecule has 0 aliphatic heterocycles. The first-order valence-corrected chi connectivity index (χ1v) is 2.50. The van der Waals surface area contributed by atoms with E-state index in [1.807, 2.05) is 0 Å². The van der Waals surface area contributed by atoms with E-state index >= 15 is 0 Å². The third kappa shape index (κ3) is 1.49. The molecule has 6 heavy (non-hydrogen) atoms. The van der Waals surface area contributed by atoms with Gasteiger partial charge in [-0.3, -0.25) is 0 Å². The minimum atomic E-state index is 0. The number of hydrogen-bond acceptors (Lipinski definition) is 0. The van der Waals surface area contributed by atoms with Gasteiger partial charge >= 0.3 is 0 Å². The zero-order valence-corrected chi connectivity index (χ0v) is 4.11. The Kier molecular flexibility index (Phi) is 3.30. The van der Waals surface area contributed by atoms with E-state index in [4.69, 9.17) is 0 Å². The van der Waals surface area contributed by atoms with Crippen molar-refractivity contribution in [2.75, 3.05) is 0 Å². The van der Waals surface area contributed by atoms with Crippen molar-refractivity contribution in [1.82, 2.24) is 0 Å². The molecule has 1 fully saturated rings. The van der Waals surface area contributed by atoms with E-state index in [2.05, 4.69) is 0 Å². The SMILES string of the molecule is C1CCCC1.[B]. The molecule has 0 aromatic rings. The molecule has 0 N–H and O–H groups in total. The summed E-state index contributed by atoms with van der Waals surface area (Å²) in [6.07, 6.45) is 7.50. The van der Waals surface area contributed by atoms with Gasteiger partial charge in [0, 0.05) is 8.41 Å². The predicted octanol–water partition coefficient (Wildman–Crippen LogP) is 1.57. The molecule has 3 radical (unpaired) electrons. The zero-order valence-electron chi connectivity index (χ0n) is 4.11. The molecule has 0 amide bonds. The first-order chi connectivity index (χ1) is 2.50. The minimum Gasteiger partial charge on any atom is -0.0533 e. The molecule has 1 rings (SSSR count). The Morgan fingerprint density at radius 2 is 0.667 bits per heavy atom. The first-order valence-electron chi connectivity index (χ1n) is 2.50. The monoisotopic (exact) mass is 81.1 g/mol. The Morgan fingerprint density at radius 1 is 0.500 bits per heavy atom. The molecule has 1 saturated carbocycles. The first kappa shape index (κ1) is 6.06. The largest absolute Gasteiger partial charge is 0.0533 e. The van der Waals surface area contributed by atoms with E-state index in [1.54, 1.807) is 0 Å². The molecular formula is C5H10B. The fraction of sp³-hybridized carbons (Fsp3) is 1.00. The van der Waals surface area contributed by atoms with Crippen molar-refractivity contribution in [1.29, 1.82) is 0 Å². The summed E-state index contributed by atoms with van der Waals surface area (Å²) in [6, 6.07) is 0. The van der Waals surface area contributed by atoms with Gasteiger partial charge in [-0.05, 0) is 0 Å². The van der Waals surface area contributed by atoms with Crippen LogP contribution in [-0.4, -0.2) is 8.41 Å². The van der Waals surface area contributed by atoms with Crippen LogP contribution in [0, 0.1) is 0 Å². The summed E-state index contributed by atoms with van der Waals surface area (Å²) in [5.74, 6) is 0. The fourth-order valence-corrected chi connectivity index (χ4v) is 0.884. The average molecular weight is 80.9 g/mol. The van der Waals surface area contributed by atoms with Crippen LogP contribution in [0.1, 0.15) is 32.1 Å². The lowest BCUT2D eigenvalue weighted by molar-refractivity contribution is 0.886. The standard InChI is InChI=1S/C5H10.B/c1-2-4-5-3-1;/h1-5H2;. The lowest BCUT2D eigenvalue weighted by atomic mass is 10.4. The minimum absolute atomic E-state index is 0. The molecular weight excluding hydrogens is 70.9 g/mol. The second kappa shape index (κ2) is 3.26. The van der Waals surface area contributed by atoms with Gasteiger partial charge in [-0.2, -0.15) is 0 Å². The van der Waals surface area contributed by atoms with Crippen LogP contribution in [0.15, 0.2) is 0 Å². The molecule has 0 unspecified atom stereocenters. The van der Waals surface area contributed by atoms with E-state index in [1.165, 1.54) is 32.1 Å². The molecule has 1 heteroatoms. The molecule has 0 aromatic heterocycles. The van der Waals surface area contributed by atoms with E-state index in [-0.39, 0.29) is 8.41 Å².